The Morgan fingerprint density at radius 2 is 0.944 bits per heavy atom. The molecule has 0 heteroatoms. The molecule has 0 saturated heterocycles. The van der Waals surface area contributed by atoms with Gasteiger partial charge in [-0.15, -0.1) is 0 Å². The van der Waals surface area contributed by atoms with Crippen LogP contribution in [0, 0.1) is 11.8 Å². The van der Waals surface area contributed by atoms with Gasteiger partial charge < -0.3 is 0 Å². The van der Waals surface area contributed by atoms with Crippen LogP contribution in [0.3, 0.4) is 0 Å². The summed E-state index contributed by atoms with van der Waals surface area (Å²) in [5.41, 5.74) is 0. The van der Waals surface area contributed by atoms with Crippen LogP contribution >= 0.6 is 0 Å². The summed E-state index contributed by atoms with van der Waals surface area (Å²) in [6, 6.07) is 0. The fourth-order valence-electron chi connectivity index (χ4n) is 2.12. The van der Waals surface area contributed by atoms with E-state index in [9.17, 15) is 0 Å². The number of unbranched alkanes of at least 4 members (excludes halogenated alkanes) is 4. The highest BCUT2D eigenvalue weighted by Gasteiger charge is 2.11. The Bertz CT molecular complexity index is 94.6. The van der Waals surface area contributed by atoms with Crippen molar-refractivity contribution in [1.29, 1.82) is 0 Å². The first-order valence-corrected chi connectivity index (χ1v) is 6.72. The van der Waals surface area contributed by atoms with Crippen molar-refractivity contribution in [3.63, 3.8) is 0 Å². The lowest BCUT2D eigenvalue weighted by molar-refractivity contribution is 0.315. The molecule has 18 heavy (non-hydrogen) atoms. The van der Waals surface area contributed by atoms with Crippen molar-refractivity contribution in [3.05, 3.63) is 0 Å². The molecule has 0 nitrogen and oxygen atoms in total. The van der Waals surface area contributed by atoms with Crippen LogP contribution in [0.4, 0.5) is 0 Å². The van der Waals surface area contributed by atoms with E-state index in [1.54, 1.807) is 0 Å². The van der Waals surface area contributed by atoms with Crippen molar-refractivity contribution in [2.45, 2.75) is 109 Å². The number of hydrogen-bond acceptors (Lipinski definition) is 0. The molecule has 0 unspecified atom stereocenters. The van der Waals surface area contributed by atoms with Gasteiger partial charge in [0.2, 0.25) is 0 Å². The van der Waals surface area contributed by atoms with Crippen molar-refractivity contribution in [1.82, 2.24) is 0 Å². The third-order valence-corrected chi connectivity index (χ3v) is 3.30. The molecule has 0 aliphatic heterocycles. The van der Waals surface area contributed by atoms with Gasteiger partial charge in [-0.2, -0.15) is 0 Å². The van der Waals surface area contributed by atoms with Gasteiger partial charge in [-0.05, 0) is 11.8 Å². The summed E-state index contributed by atoms with van der Waals surface area (Å²) in [7, 11) is 0. The van der Waals surface area contributed by atoms with Crippen LogP contribution < -0.4 is 0 Å². The minimum Gasteiger partial charge on any atom is -0.0776 e. The molecule has 0 spiro atoms. The van der Waals surface area contributed by atoms with Crippen LogP contribution in [-0.2, 0) is 0 Å². The first kappa shape index (κ1) is 30.8. The Hall–Kier alpha value is 0. The van der Waals surface area contributed by atoms with E-state index in [1.165, 1.54) is 51.4 Å². The fourth-order valence-corrected chi connectivity index (χ4v) is 2.12. The van der Waals surface area contributed by atoms with E-state index in [4.69, 9.17) is 0 Å². The van der Waals surface area contributed by atoms with Crippen molar-refractivity contribution in [3.8, 4) is 0 Å². The van der Waals surface area contributed by atoms with Crippen molar-refractivity contribution in [2.75, 3.05) is 0 Å². The Kier molecular flexibility index (Phi) is 38.0. The molecule has 0 heterocycles. The molecule has 0 aliphatic carbocycles. The Labute approximate surface area is 121 Å². The van der Waals surface area contributed by atoms with E-state index in [0.29, 0.717) is 0 Å². The maximum Gasteiger partial charge on any atom is -0.0391 e. The van der Waals surface area contributed by atoms with Gasteiger partial charge >= 0.3 is 0 Å². The molecular weight excluding hydrogens is 216 g/mol. The molecule has 0 rings (SSSR count). The van der Waals surface area contributed by atoms with E-state index >= 15 is 0 Å². The zero-order valence-corrected chi connectivity index (χ0v) is 10.8. The van der Waals surface area contributed by atoms with Crippen LogP contribution in [0.1, 0.15) is 109 Å². The minimum atomic E-state index is 0. The molecule has 0 radical (unpaired) electrons. The van der Waals surface area contributed by atoms with E-state index in [2.05, 4.69) is 27.7 Å². The zero-order valence-electron chi connectivity index (χ0n) is 10.8. The predicted molar refractivity (Wildman–Crippen MR) is 93.5 cm³/mol. The number of hydrogen-bond donors (Lipinski definition) is 0. The SMILES string of the molecule is C.C.C.C.CCCCCC(CCCCC)C(C)C. The third-order valence-electron chi connectivity index (χ3n) is 3.30. The van der Waals surface area contributed by atoms with Gasteiger partial charge in [0.25, 0.3) is 0 Å². The monoisotopic (exact) mass is 262 g/mol. The van der Waals surface area contributed by atoms with Crippen LogP contribution in [0.15, 0.2) is 0 Å². The standard InChI is InChI=1S/C14H30.4CH4/c1-5-7-9-11-14(13(3)4)12-10-8-6-2;;;;/h13-14H,5-12H2,1-4H3;4*1H4. The summed E-state index contributed by atoms with van der Waals surface area (Å²) in [5, 5.41) is 0. The van der Waals surface area contributed by atoms with Gasteiger partial charge in [0.15, 0.2) is 0 Å². The van der Waals surface area contributed by atoms with Crippen molar-refractivity contribution < 1.29 is 0 Å². The second-order valence-electron chi connectivity index (χ2n) is 5.00. The molecule has 0 aliphatic rings. The maximum atomic E-state index is 2.39. The maximum absolute atomic E-state index is 2.39. The Morgan fingerprint density at radius 1 is 0.611 bits per heavy atom. The highest BCUT2D eigenvalue weighted by Crippen LogP contribution is 2.24. The average Bonchev–Trinajstić information content (AvgIpc) is 2.15. The summed E-state index contributed by atoms with van der Waals surface area (Å²) in [6.07, 6.45) is 11.4. The van der Waals surface area contributed by atoms with Crippen LogP contribution in [0.25, 0.3) is 0 Å². The Morgan fingerprint density at radius 3 is 1.17 bits per heavy atom. The lowest BCUT2D eigenvalue weighted by atomic mass is 9.86. The fraction of sp³-hybridized carbons (Fsp3) is 1.00. The summed E-state index contributed by atoms with van der Waals surface area (Å²) >= 11 is 0. The van der Waals surface area contributed by atoms with E-state index in [1.807, 2.05) is 0 Å². The van der Waals surface area contributed by atoms with Gasteiger partial charge in [-0.1, -0.05) is 109 Å². The molecule has 0 bridgehead atoms. The summed E-state index contributed by atoms with van der Waals surface area (Å²) < 4.78 is 0. The molecule has 0 amide bonds. The van der Waals surface area contributed by atoms with Crippen LogP contribution in [0.2, 0.25) is 0 Å². The van der Waals surface area contributed by atoms with E-state index in [-0.39, 0.29) is 29.7 Å². The molecule has 0 fully saturated rings. The summed E-state index contributed by atoms with van der Waals surface area (Å²) in [6.45, 7) is 9.37. The smallest absolute Gasteiger partial charge is 0.0391 e. The minimum absolute atomic E-state index is 0. The number of rotatable bonds is 9. The predicted octanol–water partition coefficient (Wildman–Crippen LogP) is 7.96. The van der Waals surface area contributed by atoms with Crippen molar-refractivity contribution in [2.24, 2.45) is 11.8 Å². The van der Waals surface area contributed by atoms with Crippen molar-refractivity contribution >= 4 is 0 Å². The summed E-state index contributed by atoms with van der Waals surface area (Å²) in [5.74, 6) is 1.89. The first-order valence-electron chi connectivity index (χ1n) is 6.72. The molecule has 0 saturated carbocycles. The van der Waals surface area contributed by atoms with Gasteiger partial charge in [0, 0.05) is 0 Å². The lowest BCUT2D eigenvalue weighted by Gasteiger charge is -2.20. The largest absolute Gasteiger partial charge is 0.0776 e. The molecular formula is C18H46. The van der Waals surface area contributed by atoms with E-state index < -0.39 is 0 Å². The lowest BCUT2D eigenvalue weighted by Crippen LogP contribution is -2.08. The second kappa shape index (κ2) is 22.2. The Balaban J connectivity index is -0.000000141. The van der Waals surface area contributed by atoms with Crippen LogP contribution in [0.5, 0.6) is 0 Å². The quantitative estimate of drug-likeness (QED) is 0.370. The third kappa shape index (κ3) is 18.4. The average molecular weight is 263 g/mol. The zero-order chi connectivity index (χ0) is 10.8. The molecule has 0 N–H and O–H groups in total. The van der Waals surface area contributed by atoms with Gasteiger partial charge in [-0.25, -0.2) is 0 Å². The second-order valence-corrected chi connectivity index (χ2v) is 5.00. The highest BCUT2D eigenvalue weighted by molar-refractivity contribution is 4.63. The normalized spacial score (nSPS) is 9.00. The molecule has 118 valence electrons. The highest BCUT2D eigenvalue weighted by atomic mass is 14.2. The first-order chi connectivity index (χ1) is 6.72. The topological polar surface area (TPSA) is 0 Å². The van der Waals surface area contributed by atoms with E-state index in [0.717, 1.165) is 11.8 Å². The van der Waals surface area contributed by atoms with Gasteiger partial charge in [-0.3, -0.25) is 0 Å². The van der Waals surface area contributed by atoms with Gasteiger partial charge in [0.05, 0.1) is 0 Å². The molecule has 0 atom stereocenters. The van der Waals surface area contributed by atoms with Crippen LogP contribution in [-0.4, -0.2) is 0 Å². The van der Waals surface area contributed by atoms with Gasteiger partial charge in [0.1, 0.15) is 0 Å². The molecule has 0 aromatic rings. The molecule has 0 aromatic carbocycles. The molecule has 0 aromatic heterocycles. The summed E-state index contributed by atoms with van der Waals surface area (Å²) in [4.78, 5) is 0.